The highest BCUT2D eigenvalue weighted by molar-refractivity contribution is 7.23. The summed E-state index contributed by atoms with van der Waals surface area (Å²) in [5.74, 6) is 1.40. The number of benzene rings is 2. The monoisotopic (exact) mass is 552 g/mol. The molecule has 2 aromatic heterocycles. The number of hydrogen-bond acceptors (Lipinski definition) is 9. The average Bonchev–Trinajstić information content (AvgIpc) is 3.52. The Morgan fingerprint density at radius 3 is 2.66 bits per heavy atom. The minimum absolute atomic E-state index is 0.000395. The molecule has 3 heterocycles. The number of carbonyl (C=O) groups is 1. The summed E-state index contributed by atoms with van der Waals surface area (Å²) in [6.45, 7) is 3.70. The van der Waals surface area contributed by atoms with Crippen molar-refractivity contribution in [2.24, 2.45) is 0 Å². The number of fused-ring (bicyclic) bond motifs is 2. The first-order valence-corrected chi connectivity index (χ1v) is 14.2. The van der Waals surface area contributed by atoms with Gasteiger partial charge in [-0.1, -0.05) is 12.1 Å². The summed E-state index contributed by atoms with van der Waals surface area (Å²) in [5.41, 5.74) is 5.44. The first-order chi connectivity index (χ1) is 18.6. The minimum atomic E-state index is -0.000395. The van der Waals surface area contributed by atoms with E-state index in [1.54, 1.807) is 44.0 Å². The van der Waals surface area contributed by atoms with Gasteiger partial charge in [-0.15, -0.1) is 22.7 Å². The Morgan fingerprint density at radius 2 is 1.84 bits per heavy atom. The van der Waals surface area contributed by atoms with Gasteiger partial charge in [0.05, 0.1) is 31.0 Å². The van der Waals surface area contributed by atoms with E-state index in [0.29, 0.717) is 31.1 Å². The van der Waals surface area contributed by atoms with Crippen LogP contribution in [0.15, 0.2) is 36.4 Å². The Kier molecular flexibility index (Phi) is 8.55. The molecule has 4 aromatic rings. The molecule has 1 aliphatic rings. The van der Waals surface area contributed by atoms with E-state index < -0.39 is 0 Å². The maximum Gasteiger partial charge on any atom is 0.226 e. The molecule has 38 heavy (non-hydrogen) atoms. The maximum atomic E-state index is 12.8. The van der Waals surface area contributed by atoms with Crippen LogP contribution in [0.5, 0.6) is 11.5 Å². The van der Waals surface area contributed by atoms with Crippen LogP contribution in [0.4, 0.5) is 5.00 Å². The van der Waals surface area contributed by atoms with Gasteiger partial charge in [0.15, 0.2) is 11.5 Å². The van der Waals surface area contributed by atoms with E-state index in [-0.39, 0.29) is 5.91 Å². The maximum absolute atomic E-state index is 12.8. The summed E-state index contributed by atoms with van der Waals surface area (Å²) in [6.07, 6.45) is 1.32. The number of aromatic nitrogens is 1. The lowest BCUT2D eigenvalue weighted by Gasteiger charge is -2.13. The summed E-state index contributed by atoms with van der Waals surface area (Å²) in [5, 5.41) is 11.7. The molecule has 2 aromatic carbocycles. The van der Waals surface area contributed by atoms with Gasteiger partial charge in [0.25, 0.3) is 0 Å². The van der Waals surface area contributed by atoms with Crippen LogP contribution in [-0.2, 0) is 22.5 Å². The quantitative estimate of drug-likeness (QED) is 0.228. The van der Waals surface area contributed by atoms with Crippen molar-refractivity contribution in [3.05, 3.63) is 46.8 Å². The van der Waals surface area contributed by atoms with E-state index in [2.05, 4.69) is 34.1 Å². The van der Waals surface area contributed by atoms with Gasteiger partial charge in [0.2, 0.25) is 5.91 Å². The van der Waals surface area contributed by atoms with Crippen LogP contribution in [-0.4, -0.2) is 58.5 Å². The van der Waals surface area contributed by atoms with Crippen LogP contribution in [0.2, 0.25) is 0 Å². The molecule has 200 valence electrons. The molecule has 1 aliphatic heterocycles. The number of amides is 1. The fraction of sp³-hybridized carbons (Fsp3) is 0.357. The summed E-state index contributed by atoms with van der Waals surface area (Å²) in [6, 6.07) is 12.3. The largest absolute Gasteiger partial charge is 0.493 e. The number of nitrogens with zero attached hydrogens (tertiary/aromatic N) is 1. The molecule has 0 saturated carbocycles. The fourth-order valence-corrected chi connectivity index (χ4v) is 6.95. The van der Waals surface area contributed by atoms with E-state index in [9.17, 15) is 4.79 Å². The first-order valence-electron chi connectivity index (χ1n) is 12.6. The molecular weight excluding hydrogens is 520 g/mol. The van der Waals surface area contributed by atoms with E-state index in [0.717, 1.165) is 63.0 Å². The topological polar surface area (TPSA) is 93.7 Å². The number of hydrogen-bond donors (Lipinski definition) is 3. The van der Waals surface area contributed by atoms with Crippen molar-refractivity contribution in [3.8, 4) is 33.2 Å². The second kappa shape index (κ2) is 12.2. The Labute approximate surface area is 230 Å². The first kappa shape index (κ1) is 26.6. The van der Waals surface area contributed by atoms with Crippen molar-refractivity contribution in [2.45, 2.75) is 19.4 Å². The SMILES string of the molecule is COCCNCCC(=O)Nc1sc2c(c1-c1nc3ccc(-c4ccc(OC)c(OC)c4)cc3s1)CCNC2. The van der Waals surface area contributed by atoms with Gasteiger partial charge < -0.3 is 30.2 Å². The molecule has 0 radical (unpaired) electrons. The van der Waals surface area contributed by atoms with Gasteiger partial charge in [-0.25, -0.2) is 4.98 Å². The predicted molar refractivity (Wildman–Crippen MR) is 155 cm³/mol. The Bertz CT molecular complexity index is 1430. The van der Waals surface area contributed by atoms with Crippen LogP contribution in [0.3, 0.4) is 0 Å². The average molecular weight is 553 g/mol. The molecule has 0 bridgehead atoms. The van der Waals surface area contributed by atoms with E-state index in [1.165, 1.54) is 10.4 Å². The van der Waals surface area contributed by atoms with Gasteiger partial charge in [0.1, 0.15) is 10.0 Å². The van der Waals surface area contributed by atoms with Crippen molar-refractivity contribution in [1.82, 2.24) is 15.6 Å². The van der Waals surface area contributed by atoms with Crippen molar-refractivity contribution in [3.63, 3.8) is 0 Å². The number of anilines is 1. The third-order valence-electron chi connectivity index (χ3n) is 6.51. The predicted octanol–water partition coefficient (Wildman–Crippen LogP) is 4.92. The second-order valence-electron chi connectivity index (χ2n) is 8.95. The zero-order valence-corrected chi connectivity index (χ0v) is 23.4. The molecule has 8 nitrogen and oxygen atoms in total. The Morgan fingerprint density at radius 1 is 1.03 bits per heavy atom. The lowest BCUT2D eigenvalue weighted by molar-refractivity contribution is -0.116. The number of carbonyl (C=O) groups excluding carboxylic acids is 1. The number of thiophene rings is 1. The standard InChI is InChI=1S/C28H32N4O4S2/c1-34-13-12-29-11-9-25(33)32-28-26(19-8-10-30-16-24(19)38-28)27-31-20-6-4-18(15-23(20)37-27)17-5-7-21(35-2)22(14-17)36-3/h4-7,14-15,29-30H,8-13,16H2,1-3H3,(H,32,33). The van der Waals surface area contributed by atoms with E-state index >= 15 is 0 Å². The minimum Gasteiger partial charge on any atom is -0.493 e. The lowest BCUT2D eigenvalue weighted by atomic mass is 10.0. The summed E-state index contributed by atoms with van der Waals surface area (Å²) in [7, 11) is 4.95. The molecule has 0 unspecified atom stereocenters. The van der Waals surface area contributed by atoms with Gasteiger partial charge in [-0.2, -0.15) is 0 Å². The fourth-order valence-electron chi connectivity index (χ4n) is 4.57. The van der Waals surface area contributed by atoms with E-state index in [4.69, 9.17) is 19.2 Å². The normalized spacial score (nSPS) is 12.9. The highest BCUT2D eigenvalue weighted by atomic mass is 32.1. The molecule has 0 fully saturated rings. The molecule has 0 atom stereocenters. The van der Waals surface area contributed by atoms with Crippen molar-refractivity contribution < 1.29 is 19.0 Å². The number of ether oxygens (including phenoxy) is 3. The third-order valence-corrected chi connectivity index (χ3v) is 8.70. The molecule has 3 N–H and O–H groups in total. The smallest absolute Gasteiger partial charge is 0.226 e. The van der Waals surface area contributed by atoms with Crippen LogP contribution >= 0.6 is 22.7 Å². The zero-order valence-electron chi connectivity index (χ0n) is 21.8. The highest BCUT2D eigenvalue weighted by Gasteiger charge is 2.25. The molecule has 0 saturated heterocycles. The molecular formula is C28H32N4O4S2. The number of rotatable bonds is 11. The van der Waals surface area contributed by atoms with Crippen LogP contribution in [0, 0.1) is 0 Å². The number of methoxy groups -OCH3 is 3. The van der Waals surface area contributed by atoms with Crippen molar-refractivity contribution >= 4 is 43.8 Å². The molecule has 0 aliphatic carbocycles. The van der Waals surface area contributed by atoms with Gasteiger partial charge in [-0.05, 0) is 53.9 Å². The lowest BCUT2D eigenvalue weighted by Crippen LogP contribution is -2.24. The summed E-state index contributed by atoms with van der Waals surface area (Å²) in [4.78, 5) is 19.1. The van der Waals surface area contributed by atoms with Crippen molar-refractivity contribution in [2.75, 3.05) is 52.9 Å². The Hall–Kier alpha value is -3.02. The second-order valence-corrected chi connectivity index (χ2v) is 11.1. The van der Waals surface area contributed by atoms with Crippen LogP contribution in [0.25, 0.3) is 31.9 Å². The number of nitrogens with one attached hydrogen (secondary N) is 3. The van der Waals surface area contributed by atoms with Crippen molar-refractivity contribution in [1.29, 1.82) is 0 Å². The number of thiazole rings is 1. The molecule has 10 heteroatoms. The molecule has 5 rings (SSSR count). The molecule has 1 amide bonds. The Balaban J connectivity index is 1.44. The highest BCUT2D eigenvalue weighted by Crippen LogP contribution is 2.45. The van der Waals surface area contributed by atoms with Crippen LogP contribution in [0.1, 0.15) is 16.9 Å². The van der Waals surface area contributed by atoms with Crippen LogP contribution < -0.4 is 25.4 Å². The van der Waals surface area contributed by atoms with Gasteiger partial charge >= 0.3 is 0 Å². The van der Waals surface area contributed by atoms with Gasteiger partial charge in [-0.3, -0.25) is 4.79 Å². The van der Waals surface area contributed by atoms with Gasteiger partial charge in [0, 0.05) is 43.6 Å². The molecule has 0 spiro atoms. The summed E-state index contributed by atoms with van der Waals surface area (Å²) < 4.78 is 17.0. The zero-order chi connectivity index (χ0) is 26.5. The van der Waals surface area contributed by atoms with E-state index in [1.807, 2.05) is 18.2 Å². The summed E-state index contributed by atoms with van der Waals surface area (Å²) >= 11 is 3.32. The third kappa shape index (κ3) is 5.69.